The maximum atomic E-state index is 13.1. The van der Waals surface area contributed by atoms with Crippen LogP contribution in [0.1, 0.15) is 0 Å². The van der Waals surface area contributed by atoms with Crippen LogP contribution in [-0.4, -0.2) is 9.97 Å². The second-order valence-corrected chi connectivity index (χ2v) is 5.41. The first-order valence-corrected chi connectivity index (χ1v) is 6.70. The maximum Gasteiger partial charge on any atom is 0.139 e. The summed E-state index contributed by atoms with van der Waals surface area (Å²) in [5.41, 5.74) is 2.47. The highest BCUT2D eigenvalue weighted by atomic mass is 127. The summed E-state index contributed by atoms with van der Waals surface area (Å²) in [7, 11) is 0. The zero-order chi connectivity index (χ0) is 12.7. The molecule has 0 saturated carbocycles. The van der Waals surface area contributed by atoms with E-state index in [2.05, 4.69) is 32.6 Å². The number of nitrogens with one attached hydrogen (secondary N) is 1. The van der Waals surface area contributed by atoms with Crippen LogP contribution in [0.5, 0.6) is 0 Å². The molecule has 2 nitrogen and oxygen atoms in total. The summed E-state index contributed by atoms with van der Waals surface area (Å²) in [6, 6.07) is 10.2. The van der Waals surface area contributed by atoms with Crippen LogP contribution in [0, 0.1) is 9.39 Å². The zero-order valence-corrected chi connectivity index (χ0v) is 12.0. The van der Waals surface area contributed by atoms with Gasteiger partial charge in [-0.05, 0) is 52.9 Å². The van der Waals surface area contributed by atoms with E-state index in [1.165, 1.54) is 12.1 Å². The highest BCUT2D eigenvalue weighted by Gasteiger charge is 2.10. The van der Waals surface area contributed by atoms with E-state index in [1.54, 1.807) is 12.1 Å². The van der Waals surface area contributed by atoms with Crippen molar-refractivity contribution in [2.24, 2.45) is 0 Å². The van der Waals surface area contributed by atoms with E-state index in [9.17, 15) is 4.39 Å². The molecular weight excluding hydrogens is 366 g/mol. The van der Waals surface area contributed by atoms with E-state index < -0.39 is 0 Å². The number of nitrogens with zero attached hydrogens (tertiary/aromatic N) is 1. The second kappa shape index (κ2) is 4.51. The molecule has 0 amide bonds. The molecule has 3 aromatic rings. The summed E-state index contributed by atoms with van der Waals surface area (Å²) in [6.45, 7) is 0. The van der Waals surface area contributed by atoms with Crippen molar-refractivity contribution in [2.75, 3.05) is 0 Å². The van der Waals surface area contributed by atoms with Gasteiger partial charge in [-0.2, -0.15) is 0 Å². The average molecular weight is 373 g/mol. The van der Waals surface area contributed by atoms with Crippen molar-refractivity contribution >= 4 is 45.2 Å². The van der Waals surface area contributed by atoms with Crippen molar-refractivity contribution in [3.63, 3.8) is 0 Å². The average Bonchev–Trinajstić information content (AvgIpc) is 2.74. The highest BCUT2D eigenvalue weighted by Crippen LogP contribution is 2.28. The Morgan fingerprint density at radius 2 is 2.06 bits per heavy atom. The van der Waals surface area contributed by atoms with Gasteiger partial charge in [-0.25, -0.2) is 9.37 Å². The van der Waals surface area contributed by atoms with Gasteiger partial charge in [0.15, 0.2) is 0 Å². The Morgan fingerprint density at radius 3 is 2.78 bits per heavy atom. The summed E-state index contributed by atoms with van der Waals surface area (Å²) < 4.78 is 13.9. The van der Waals surface area contributed by atoms with Gasteiger partial charge in [0.05, 0.1) is 10.5 Å². The van der Waals surface area contributed by atoms with Crippen LogP contribution in [-0.2, 0) is 0 Å². The fourth-order valence-corrected chi connectivity index (χ4v) is 2.76. The number of rotatable bonds is 1. The molecule has 0 aliphatic heterocycles. The lowest BCUT2D eigenvalue weighted by atomic mass is 10.2. The van der Waals surface area contributed by atoms with E-state index in [0.717, 1.165) is 20.2 Å². The molecular formula is C13H7ClFIN2. The van der Waals surface area contributed by atoms with Crippen molar-refractivity contribution in [3.8, 4) is 11.4 Å². The van der Waals surface area contributed by atoms with Gasteiger partial charge in [-0.3, -0.25) is 0 Å². The van der Waals surface area contributed by atoms with Crippen LogP contribution in [0.15, 0.2) is 36.4 Å². The standard InChI is InChI=1S/C13H7ClFIN2/c14-9-2-1-3-11-12(9)18-13(17-11)8-5-4-7(15)6-10(8)16/h1-6H,(H,17,18). The van der Waals surface area contributed by atoms with E-state index in [-0.39, 0.29) is 5.82 Å². The summed E-state index contributed by atoms with van der Waals surface area (Å²) in [5.74, 6) is 0.444. The first-order chi connectivity index (χ1) is 8.65. The van der Waals surface area contributed by atoms with Crippen molar-refractivity contribution in [1.29, 1.82) is 0 Å². The molecule has 0 unspecified atom stereocenters. The summed E-state index contributed by atoms with van der Waals surface area (Å²) in [6.07, 6.45) is 0. The maximum absolute atomic E-state index is 13.1. The lowest BCUT2D eigenvalue weighted by Crippen LogP contribution is -1.86. The van der Waals surface area contributed by atoms with E-state index in [4.69, 9.17) is 11.6 Å². The first kappa shape index (κ1) is 11.9. The molecule has 90 valence electrons. The van der Waals surface area contributed by atoms with Crippen LogP contribution >= 0.6 is 34.2 Å². The number of fused-ring (bicyclic) bond motifs is 1. The molecule has 5 heteroatoms. The predicted molar refractivity (Wildman–Crippen MR) is 79.2 cm³/mol. The monoisotopic (exact) mass is 372 g/mol. The molecule has 0 fully saturated rings. The van der Waals surface area contributed by atoms with Gasteiger partial charge in [0.25, 0.3) is 0 Å². The van der Waals surface area contributed by atoms with Crippen molar-refractivity contribution < 1.29 is 4.39 Å². The Balaban J connectivity index is 2.23. The first-order valence-electron chi connectivity index (χ1n) is 5.25. The molecule has 1 N–H and O–H groups in total. The summed E-state index contributed by atoms with van der Waals surface area (Å²) in [5, 5.41) is 0.604. The molecule has 0 spiro atoms. The van der Waals surface area contributed by atoms with Gasteiger partial charge < -0.3 is 4.98 Å². The quantitative estimate of drug-likeness (QED) is 0.620. The van der Waals surface area contributed by atoms with Crippen molar-refractivity contribution in [1.82, 2.24) is 9.97 Å². The SMILES string of the molecule is Fc1ccc(-c2nc3c(Cl)cccc3[nH]2)c(I)c1. The Bertz CT molecular complexity index is 739. The third-order valence-corrected chi connectivity index (χ3v) is 3.85. The molecule has 0 saturated heterocycles. The number of hydrogen-bond acceptors (Lipinski definition) is 1. The molecule has 0 radical (unpaired) electrons. The molecule has 3 rings (SSSR count). The number of para-hydroxylation sites is 1. The minimum atomic E-state index is -0.253. The summed E-state index contributed by atoms with van der Waals surface area (Å²) >= 11 is 8.17. The topological polar surface area (TPSA) is 28.7 Å². The van der Waals surface area contributed by atoms with E-state index >= 15 is 0 Å². The number of imidazole rings is 1. The smallest absolute Gasteiger partial charge is 0.139 e. The van der Waals surface area contributed by atoms with Crippen LogP contribution in [0.2, 0.25) is 5.02 Å². The van der Waals surface area contributed by atoms with Gasteiger partial charge in [0.1, 0.15) is 17.2 Å². The highest BCUT2D eigenvalue weighted by molar-refractivity contribution is 14.1. The second-order valence-electron chi connectivity index (χ2n) is 3.85. The Labute approximate surface area is 121 Å². The Morgan fingerprint density at radius 1 is 1.22 bits per heavy atom. The Hall–Kier alpha value is -1.14. The Kier molecular flexibility index (Phi) is 2.99. The third-order valence-electron chi connectivity index (χ3n) is 2.65. The largest absolute Gasteiger partial charge is 0.338 e. The number of aromatic amines is 1. The molecule has 2 aromatic carbocycles. The molecule has 0 bridgehead atoms. The molecule has 0 aliphatic carbocycles. The minimum absolute atomic E-state index is 0.253. The lowest BCUT2D eigenvalue weighted by molar-refractivity contribution is 0.627. The van der Waals surface area contributed by atoms with Gasteiger partial charge >= 0.3 is 0 Å². The molecule has 1 heterocycles. The predicted octanol–water partition coefficient (Wildman–Crippen LogP) is 4.63. The van der Waals surface area contributed by atoms with Gasteiger partial charge in [-0.1, -0.05) is 17.7 Å². The molecule has 0 atom stereocenters. The minimum Gasteiger partial charge on any atom is -0.338 e. The number of aromatic nitrogens is 2. The van der Waals surface area contributed by atoms with Gasteiger partial charge in [-0.15, -0.1) is 0 Å². The number of halogens is 3. The molecule has 1 aromatic heterocycles. The normalized spacial score (nSPS) is 11.1. The van der Waals surface area contributed by atoms with Crippen molar-refractivity contribution in [3.05, 3.63) is 50.8 Å². The van der Waals surface area contributed by atoms with Crippen LogP contribution < -0.4 is 0 Å². The number of hydrogen-bond donors (Lipinski definition) is 1. The lowest BCUT2D eigenvalue weighted by Gasteiger charge is -2.00. The van der Waals surface area contributed by atoms with E-state index in [0.29, 0.717) is 10.8 Å². The van der Waals surface area contributed by atoms with Crippen molar-refractivity contribution in [2.45, 2.75) is 0 Å². The van der Waals surface area contributed by atoms with Crippen LogP contribution in [0.3, 0.4) is 0 Å². The zero-order valence-electron chi connectivity index (χ0n) is 9.05. The number of H-pyrrole nitrogens is 1. The van der Waals surface area contributed by atoms with Gasteiger partial charge in [0.2, 0.25) is 0 Å². The van der Waals surface area contributed by atoms with Crippen LogP contribution in [0.4, 0.5) is 4.39 Å². The number of benzene rings is 2. The molecule has 0 aliphatic rings. The fraction of sp³-hybridized carbons (Fsp3) is 0. The molecule has 18 heavy (non-hydrogen) atoms. The third kappa shape index (κ3) is 1.99. The fourth-order valence-electron chi connectivity index (χ4n) is 1.81. The van der Waals surface area contributed by atoms with E-state index in [1.807, 2.05) is 12.1 Å². The van der Waals surface area contributed by atoms with Gasteiger partial charge in [0, 0.05) is 9.13 Å². The summed E-state index contributed by atoms with van der Waals surface area (Å²) in [4.78, 5) is 7.65. The van der Waals surface area contributed by atoms with Crippen LogP contribution in [0.25, 0.3) is 22.4 Å².